The summed E-state index contributed by atoms with van der Waals surface area (Å²) in [7, 11) is 0. The number of piperazine rings is 1. The van der Waals surface area contributed by atoms with Gasteiger partial charge < -0.3 is 19.7 Å². The van der Waals surface area contributed by atoms with Gasteiger partial charge in [-0.05, 0) is 24.7 Å². The molecule has 6 nitrogen and oxygen atoms in total. The molecule has 1 heterocycles. The van der Waals surface area contributed by atoms with Gasteiger partial charge in [-0.2, -0.15) is 0 Å². The first kappa shape index (κ1) is 33.8. The van der Waals surface area contributed by atoms with Gasteiger partial charge in [0.2, 0.25) is 0 Å². The summed E-state index contributed by atoms with van der Waals surface area (Å²) in [4.78, 5) is 4.62. The van der Waals surface area contributed by atoms with E-state index < -0.39 is 12.2 Å². The average Bonchev–Trinajstić information content (AvgIpc) is 2.82. The molecule has 0 aromatic carbocycles. The minimum atomic E-state index is -0.420. The Balaban J connectivity index is 1.93. The summed E-state index contributed by atoms with van der Waals surface area (Å²) in [5, 5.41) is 20.6. The predicted octanol–water partition coefficient (Wildman–Crippen LogP) is 5.35. The maximum atomic E-state index is 10.3. The molecule has 1 fully saturated rings. The summed E-state index contributed by atoms with van der Waals surface area (Å²) in [6, 6.07) is 0. The lowest BCUT2D eigenvalue weighted by atomic mass is 10.0. The van der Waals surface area contributed by atoms with Crippen LogP contribution in [-0.4, -0.2) is 97.9 Å². The van der Waals surface area contributed by atoms with Crippen molar-refractivity contribution in [3.05, 3.63) is 0 Å². The molecule has 0 aromatic heterocycles. The number of nitrogens with zero attached hydrogens (tertiary/aromatic N) is 2. The molecule has 0 saturated carbocycles. The fraction of sp³-hybridized carbons (Fsp3) is 1.00. The fourth-order valence-electron chi connectivity index (χ4n) is 4.87. The van der Waals surface area contributed by atoms with Crippen molar-refractivity contribution >= 4 is 0 Å². The van der Waals surface area contributed by atoms with Crippen LogP contribution >= 0.6 is 0 Å². The summed E-state index contributed by atoms with van der Waals surface area (Å²) in [6.45, 7) is 16.6. The predicted molar refractivity (Wildman–Crippen MR) is 152 cm³/mol. The van der Waals surface area contributed by atoms with Crippen molar-refractivity contribution in [2.75, 3.05) is 65.7 Å². The Kier molecular flexibility index (Phi) is 21.3. The second-order valence-electron chi connectivity index (χ2n) is 12.0. The number of hydrogen-bond donors (Lipinski definition) is 2. The summed E-state index contributed by atoms with van der Waals surface area (Å²) in [6.07, 6.45) is 14.4. The monoisotopic (exact) mass is 514 g/mol. The fourth-order valence-corrected chi connectivity index (χ4v) is 4.87. The van der Waals surface area contributed by atoms with Crippen LogP contribution in [0.2, 0.25) is 0 Å². The third kappa shape index (κ3) is 20.8. The van der Waals surface area contributed by atoms with Gasteiger partial charge in [0.1, 0.15) is 0 Å². The van der Waals surface area contributed by atoms with Crippen LogP contribution in [0.15, 0.2) is 0 Å². The summed E-state index contributed by atoms with van der Waals surface area (Å²) in [5.74, 6) is 1.63. The number of aliphatic hydroxyl groups excluding tert-OH is 2. The number of rotatable bonds is 24. The van der Waals surface area contributed by atoms with Crippen molar-refractivity contribution in [3.8, 4) is 0 Å². The molecule has 1 aliphatic rings. The highest BCUT2D eigenvalue weighted by molar-refractivity contribution is 4.76. The highest BCUT2D eigenvalue weighted by Gasteiger charge is 2.21. The van der Waals surface area contributed by atoms with Crippen molar-refractivity contribution < 1.29 is 19.7 Å². The number of hydrogen-bond acceptors (Lipinski definition) is 6. The number of aliphatic hydroxyl groups is 2. The molecule has 1 rings (SSSR count). The maximum absolute atomic E-state index is 10.3. The van der Waals surface area contributed by atoms with Crippen molar-refractivity contribution in [1.29, 1.82) is 0 Å². The van der Waals surface area contributed by atoms with E-state index in [0.717, 1.165) is 64.1 Å². The molecule has 0 aromatic rings. The summed E-state index contributed by atoms with van der Waals surface area (Å²) in [5.41, 5.74) is 0. The van der Waals surface area contributed by atoms with Gasteiger partial charge in [0.15, 0.2) is 0 Å². The van der Waals surface area contributed by atoms with Crippen LogP contribution in [-0.2, 0) is 9.47 Å². The van der Waals surface area contributed by atoms with Crippen LogP contribution in [0.1, 0.15) is 105 Å². The van der Waals surface area contributed by atoms with Gasteiger partial charge in [-0.3, -0.25) is 9.80 Å². The molecule has 2 unspecified atom stereocenters. The van der Waals surface area contributed by atoms with E-state index in [1.54, 1.807) is 0 Å². The van der Waals surface area contributed by atoms with E-state index in [2.05, 4.69) is 37.5 Å². The van der Waals surface area contributed by atoms with Gasteiger partial charge in [0.25, 0.3) is 0 Å². The lowest BCUT2D eigenvalue weighted by molar-refractivity contribution is -0.00941. The van der Waals surface area contributed by atoms with E-state index in [9.17, 15) is 10.2 Å². The Bertz CT molecular complexity index is 428. The molecule has 1 saturated heterocycles. The van der Waals surface area contributed by atoms with Crippen LogP contribution in [0.25, 0.3) is 0 Å². The Morgan fingerprint density at radius 3 is 1.22 bits per heavy atom. The Morgan fingerprint density at radius 2 is 0.861 bits per heavy atom. The molecule has 1 aliphatic heterocycles. The molecule has 216 valence electrons. The van der Waals surface area contributed by atoms with Crippen LogP contribution < -0.4 is 0 Å². The van der Waals surface area contributed by atoms with E-state index in [-0.39, 0.29) is 0 Å². The molecular formula is C30H62N2O4. The first-order chi connectivity index (χ1) is 17.4. The summed E-state index contributed by atoms with van der Waals surface area (Å²) >= 11 is 0. The number of ether oxygens (including phenoxy) is 2. The van der Waals surface area contributed by atoms with E-state index in [1.165, 1.54) is 64.2 Å². The van der Waals surface area contributed by atoms with Gasteiger partial charge in [-0.25, -0.2) is 0 Å². The summed E-state index contributed by atoms with van der Waals surface area (Å²) < 4.78 is 11.4. The zero-order chi connectivity index (χ0) is 26.4. The largest absolute Gasteiger partial charge is 0.389 e. The third-order valence-electron chi connectivity index (χ3n) is 7.16. The second kappa shape index (κ2) is 22.7. The van der Waals surface area contributed by atoms with Gasteiger partial charge in [-0.1, -0.05) is 91.9 Å². The van der Waals surface area contributed by atoms with E-state index in [0.29, 0.717) is 26.3 Å². The smallest absolute Gasteiger partial charge is 0.0900 e. The molecule has 0 radical (unpaired) electrons. The average molecular weight is 515 g/mol. The zero-order valence-electron chi connectivity index (χ0n) is 24.5. The second-order valence-corrected chi connectivity index (χ2v) is 12.0. The third-order valence-corrected chi connectivity index (χ3v) is 7.16. The van der Waals surface area contributed by atoms with Crippen LogP contribution in [0.4, 0.5) is 0 Å². The highest BCUT2D eigenvalue weighted by Crippen LogP contribution is 2.12. The van der Waals surface area contributed by atoms with Gasteiger partial charge in [-0.15, -0.1) is 0 Å². The van der Waals surface area contributed by atoms with Gasteiger partial charge in [0, 0.05) is 52.5 Å². The molecule has 36 heavy (non-hydrogen) atoms. The molecule has 6 heteroatoms. The van der Waals surface area contributed by atoms with Crippen LogP contribution in [0.5, 0.6) is 0 Å². The molecule has 2 atom stereocenters. The van der Waals surface area contributed by atoms with E-state index in [4.69, 9.17) is 9.47 Å². The Labute approximate surface area is 224 Å². The van der Waals surface area contributed by atoms with Crippen LogP contribution in [0.3, 0.4) is 0 Å². The van der Waals surface area contributed by atoms with Gasteiger partial charge >= 0.3 is 0 Å². The highest BCUT2D eigenvalue weighted by atomic mass is 16.5. The minimum Gasteiger partial charge on any atom is -0.389 e. The SMILES string of the molecule is CC(C)CCCCCCCOCC(O)CN1CCN(CC(O)COCCCCCCCC(C)C)CC1. The quantitative estimate of drug-likeness (QED) is 0.169. The van der Waals surface area contributed by atoms with Crippen LogP contribution in [0, 0.1) is 11.8 Å². The molecular weight excluding hydrogens is 452 g/mol. The first-order valence-corrected chi connectivity index (χ1v) is 15.3. The first-order valence-electron chi connectivity index (χ1n) is 15.3. The van der Waals surface area contributed by atoms with E-state index in [1.807, 2.05) is 0 Å². The van der Waals surface area contributed by atoms with Crippen molar-refractivity contribution in [1.82, 2.24) is 9.80 Å². The van der Waals surface area contributed by atoms with Gasteiger partial charge in [0.05, 0.1) is 25.4 Å². The Morgan fingerprint density at radius 1 is 0.528 bits per heavy atom. The normalized spacial score (nSPS) is 17.3. The number of β-amino-alcohol motifs (C(OH)–C–C–N with tert-alkyl or cyclic N) is 2. The lowest BCUT2D eigenvalue weighted by Crippen LogP contribution is -2.51. The molecule has 0 spiro atoms. The molecule has 0 bridgehead atoms. The molecule has 0 amide bonds. The zero-order valence-corrected chi connectivity index (χ0v) is 24.5. The standard InChI is InChI=1S/C30H62N2O4/c1-27(2)15-11-7-5-9-13-21-35-25-29(33)23-31-17-19-32(20-18-31)24-30(34)26-36-22-14-10-6-8-12-16-28(3)4/h27-30,33-34H,5-26H2,1-4H3. The van der Waals surface area contributed by atoms with Crippen molar-refractivity contribution in [2.24, 2.45) is 11.8 Å². The molecule has 0 aliphatic carbocycles. The maximum Gasteiger partial charge on any atom is 0.0900 e. The lowest BCUT2D eigenvalue weighted by Gasteiger charge is -2.36. The number of unbranched alkanes of at least 4 members (excludes halogenated alkanes) is 8. The van der Waals surface area contributed by atoms with E-state index >= 15 is 0 Å². The topological polar surface area (TPSA) is 65.4 Å². The Hall–Kier alpha value is -0.240. The molecule has 2 N–H and O–H groups in total. The van der Waals surface area contributed by atoms with Crippen molar-refractivity contribution in [2.45, 2.75) is 117 Å². The van der Waals surface area contributed by atoms with Crippen molar-refractivity contribution in [3.63, 3.8) is 0 Å². The minimum absolute atomic E-state index is 0.420.